The fourth-order valence-corrected chi connectivity index (χ4v) is 4.34. The summed E-state index contributed by atoms with van der Waals surface area (Å²) in [6.45, 7) is 2.07. The van der Waals surface area contributed by atoms with Crippen LogP contribution >= 0.6 is 11.3 Å². The molecule has 0 unspecified atom stereocenters. The lowest BCUT2D eigenvalue weighted by Gasteiger charge is -2.08. The van der Waals surface area contributed by atoms with E-state index in [1.165, 1.54) is 22.5 Å². The van der Waals surface area contributed by atoms with Crippen LogP contribution in [-0.4, -0.2) is 5.91 Å². The minimum atomic E-state index is -0.140. The molecule has 1 heterocycles. The molecule has 0 radical (unpaired) electrons. The normalized spacial score (nSPS) is 10.6. The van der Waals surface area contributed by atoms with Crippen molar-refractivity contribution >= 4 is 33.0 Å². The second-order valence-electron chi connectivity index (χ2n) is 6.72. The zero-order valence-corrected chi connectivity index (χ0v) is 16.2. The average molecular weight is 382 g/mol. The molecule has 1 aromatic heterocycles. The summed E-state index contributed by atoms with van der Waals surface area (Å²) in [6, 6.07) is 25.6. The van der Waals surface area contributed by atoms with Gasteiger partial charge in [-0.25, -0.2) is 0 Å². The van der Waals surface area contributed by atoms with E-state index in [1.807, 2.05) is 18.2 Å². The molecular formula is C24H18N2OS. The Kier molecular flexibility index (Phi) is 4.92. The lowest BCUT2D eigenvalue weighted by molar-refractivity contribution is 0.103. The number of rotatable bonds is 4. The maximum absolute atomic E-state index is 13.1. The van der Waals surface area contributed by atoms with Crippen molar-refractivity contribution in [2.75, 3.05) is 5.32 Å². The topological polar surface area (TPSA) is 52.9 Å². The van der Waals surface area contributed by atoms with Crippen molar-refractivity contribution in [1.82, 2.24) is 0 Å². The standard InChI is InChI=1S/C24H18N2OS/c1-16-9-11-17(12-10-16)14-21-20-7-2-3-8-22(20)28-23(21)24(27)26-19-6-4-5-18(13-19)15-25/h2-13H,14H2,1H3,(H,26,27). The highest BCUT2D eigenvalue weighted by Gasteiger charge is 2.19. The second-order valence-corrected chi connectivity index (χ2v) is 7.77. The van der Waals surface area contributed by atoms with Gasteiger partial charge in [0.25, 0.3) is 5.91 Å². The first-order chi connectivity index (χ1) is 13.6. The molecule has 0 atom stereocenters. The fraction of sp³-hybridized carbons (Fsp3) is 0.0833. The van der Waals surface area contributed by atoms with Crippen LogP contribution in [0.3, 0.4) is 0 Å². The summed E-state index contributed by atoms with van der Waals surface area (Å²) >= 11 is 1.51. The van der Waals surface area contributed by atoms with E-state index in [9.17, 15) is 4.79 Å². The number of nitrogens with zero attached hydrogens (tertiary/aromatic N) is 1. The average Bonchev–Trinajstić information content (AvgIpc) is 3.08. The van der Waals surface area contributed by atoms with Crippen molar-refractivity contribution in [2.45, 2.75) is 13.3 Å². The van der Waals surface area contributed by atoms with Crippen LogP contribution in [0.5, 0.6) is 0 Å². The van der Waals surface area contributed by atoms with E-state index in [-0.39, 0.29) is 5.91 Å². The molecular weight excluding hydrogens is 364 g/mol. The van der Waals surface area contributed by atoms with Crippen LogP contribution in [-0.2, 0) is 6.42 Å². The number of anilines is 1. The van der Waals surface area contributed by atoms with E-state index < -0.39 is 0 Å². The van der Waals surface area contributed by atoms with Gasteiger partial charge in [0.05, 0.1) is 16.5 Å². The van der Waals surface area contributed by atoms with Crippen LogP contribution in [0, 0.1) is 18.3 Å². The summed E-state index contributed by atoms with van der Waals surface area (Å²) in [4.78, 5) is 13.8. The monoisotopic (exact) mass is 382 g/mol. The number of fused-ring (bicyclic) bond motifs is 1. The third-order valence-electron chi connectivity index (χ3n) is 4.66. The Morgan fingerprint density at radius 1 is 1.04 bits per heavy atom. The fourth-order valence-electron chi connectivity index (χ4n) is 3.22. The highest BCUT2D eigenvalue weighted by molar-refractivity contribution is 7.21. The van der Waals surface area contributed by atoms with Gasteiger partial charge in [0.2, 0.25) is 0 Å². The lowest BCUT2D eigenvalue weighted by Crippen LogP contribution is -2.12. The summed E-state index contributed by atoms with van der Waals surface area (Å²) in [5, 5.41) is 13.1. The molecule has 0 saturated heterocycles. The Labute approximate surface area is 167 Å². The number of aryl methyl sites for hydroxylation is 1. The Morgan fingerprint density at radius 3 is 2.61 bits per heavy atom. The van der Waals surface area contributed by atoms with Crippen molar-refractivity contribution in [2.24, 2.45) is 0 Å². The first-order valence-electron chi connectivity index (χ1n) is 9.01. The Morgan fingerprint density at radius 2 is 1.82 bits per heavy atom. The van der Waals surface area contributed by atoms with Gasteiger partial charge >= 0.3 is 0 Å². The van der Waals surface area contributed by atoms with Gasteiger partial charge in [0.15, 0.2) is 0 Å². The zero-order chi connectivity index (χ0) is 19.5. The van der Waals surface area contributed by atoms with Crippen molar-refractivity contribution in [3.05, 3.63) is 99.9 Å². The first-order valence-corrected chi connectivity index (χ1v) is 9.83. The molecule has 3 nitrogen and oxygen atoms in total. The Bertz CT molecular complexity index is 1200. The third-order valence-corrected chi connectivity index (χ3v) is 5.87. The summed E-state index contributed by atoms with van der Waals surface area (Å²) in [5.41, 5.74) is 4.58. The molecule has 4 aromatic rings. The van der Waals surface area contributed by atoms with Crippen molar-refractivity contribution < 1.29 is 4.79 Å². The summed E-state index contributed by atoms with van der Waals surface area (Å²) in [7, 11) is 0. The van der Waals surface area contributed by atoms with Crippen LogP contribution in [0.1, 0.15) is 31.9 Å². The van der Waals surface area contributed by atoms with Crippen LogP contribution in [0.2, 0.25) is 0 Å². The number of amides is 1. The van der Waals surface area contributed by atoms with Gasteiger partial charge < -0.3 is 5.32 Å². The molecule has 1 N–H and O–H groups in total. The molecule has 3 aromatic carbocycles. The van der Waals surface area contributed by atoms with E-state index in [0.29, 0.717) is 22.5 Å². The lowest BCUT2D eigenvalue weighted by atomic mass is 10.0. The molecule has 0 bridgehead atoms. The Hall–Kier alpha value is -3.42. The minimum Gasteiger partial charge on any atom is -0.321 e. The van der Waals surface area contributed by atoms with E-state index in [0.717, 1.165) is 15.6 Å². The predicted octanol–water partition coefficient (Wildman–Crippen LogP) is 5.92. The van der Waals surface area contributed by atoms with Gasteiger partial charge in [-0.2, -0.15) is 5.26 Å². The molecule has 1 amide bonds. The van der Waals surface area contributed by atoms with Crippen molar-refractivity contribution in [3.63, 3.8) is 0 Å². The first kappa shape index (κ1) is 18.0. The highest BCUT2D eigenvalue weighted by Crippen LogP contribution is 2.33. The molecule has 0 aliphatic carbocycles. The molecule has 0 aliphatic heterocycles. The highest BCUT2D eigenvalue weighted by atomic mass is 32.1. The molecule has 4 heteroatoms. The van der Waals surface area contributed by atoms with Gasteiger partial charge in [0, 0.05) is 10.4 Å². The number of carbonyl (C=O) groups is 1. The van der Waals surface area contributed by atoms with Gasteiger partial charge in [-0.15, -0.1) is 11.3 Å². The van der Waals surface area contributed by atoms with E-state index in [4.69, 9.17) is 5.26 Å². The van der Waals surface area contributed by atoms with Crippen LogP contribution in [0.25, 0.3) is 10.1 Å². The molecule has 0 fully saturated rings. The molecule has 136 valence electrons. The van der Waals surface area contributed by atoms with E-state index in [2.05, 4.69) is 48.6 Å². The molecule has 0 spiro atoms. The smallest absolute Gasteiger partial charge is 0.266 e. The summed E-state index contributed by atoms with van der Waals surface area (Å²) in [6.07, 6.45) is 0.700. The SMILES string of the molecule is Cc1ccc(Cc2c(C(=O)Nc3cccc(C#N)c3)sc3ccccc23)cc1. The zero-order valence-electron chi connectivity index (χ0n) is 15.4. The minimum absolute atomic E-state index is 0.140. The third kappa shape index (κ3) is 3.66. The molecule has 0 aliphatic rings. The number of hydrogen-bond acceptors (Lipinski definition) is 3. The van der Waals surface area contributed by atoms with Crippen LogP contribution in [0.4, 0.5) is 5.69 Å². The summed E-state index contributed by atoms with van der Waals surface area (Å²) in [5.74, 6) is -0.140. The number of thiophene rings is 1. The number of nitriles is 1. The van der Waals surface area contributed by atoms with Gasteiger partial charge in [0.1, 0.15) is 0 Å². The van der Waals surface area contributed by atoms with Gasteiger partial charge in [-0.3, -0.25) is 4.79 Å². The van der Waals surface area contributed by atoms with Gasteiger partial charge in [-0.1, -0.05) is 54.1 Å². The maximum Gasteiger partial charge on any atom is 0.266 e. The summed E-state index contributed by atoms with van der Waals surface area (Å²) < 4.78 is 1.10. The van der Waals surface area contributed by atoms with Gasteiger partial charge in [-0.05, 0) is 54.1 Å². The molecule has 4 rings (SSSR count). The van der Waals surface area contributed by atoms with Crippen LogP contribution in [0.15, 0.2) is 72.8 Å². The predicted molar refractivity (Wildman–Crippen MR) is 115 cm³/mol. The number of hydrogen-bond donors (Lipinski definition) is 1. The number of nitrogens with one attached hydrogen (secondary N) is 1. The van der Waals surface area contributed by atoms with Crippen molar-refractivity contribution in [3.8, 4) is 6.07 Å². The quantitative estimate of drug-likeness (QED) is 0.476. The number of carbonyl (C=O) groups excluding carboxylic acids is 1. The maximum atomic E-state index is 13.1. The molecule has 28 heavy (non-hydrogen) atoms. The van der Waals surface area contributed by atoms with E-state index in [1.54, 1.807) is 24.3 Å². The molecule has 0 saturated carbocycles. The number of benzene rings is 3. The van der Waals surface area contributed by atoms with Crippen molar-refractivity contribution in [1.29, 1.82) is 5.26 Å². The van der Waals surface area contributed by atoms with E-state index >= 15 is 0 Å². The van der Waals surface area contributed by atoms with Crippen LogP contribution < -0.4 is 5.32 Å². The largest absolute Gasteiger partial charge is 0.321 e. The second kappa shape index (κ2) is 7.67. The Balaban J connectivity index is 1.72.